The molecule has 1 atom stereocenters. The third-order valence-corrected chi connectivity index (χ3v) is 4.01. The first kappa shape index (κ1) is 12.3. The highest BCUT2D eigenvalue weighted by atomic mass is 32.1. The number of amides is 1. The van der Waals surface area contributed by atoms with E-state index in [1.54, 1.807) is 22.2 Å². The summed E-state index contributed by atoms with van der Waals surface area (Å²) in [6, 6.07) is 4.18. The Labute approximate surface area is 109 Å². The Kier molecular flexibility index (Phi) is 4.28. The normalized spacial score (nSPS) is 12.3. The third-order valence-electron chi connectivity index (χ3n) is 2.43. The highest BCUT2D eigenvalue weighted by Crippen LogP contribution is 2.23. The van der Waals surface area contributed by atoms with Gasteiger partial charge in [0.15, 0.2) is 0 Å². The van der Waals surface area contributed by atoms with Gasteiger partial charge in [0.05, 0.1) is 11.6 Å². The molecule has 0 saturated heterocycles. The Morgan fingerprint density at radius 2 is 2.47 bits per heavy atom. The minimum atomic E-state index is -0.0851. The molecular formula is C12H14N2OS2. The van der Waals surface area contributed by atoms with Crippen molar-refractivity contribution in [3.8, 4) is 0 Å². The standard InChI is InChI=1S/C12H14N2OS2/c1-2-4-9(11-5-3-6-17-11)14-12(15)10-7-16-8-13-10/h3,5-9H,2,4H2,1H3,(H,14,15). The molecular weight excluding hydrogens is 252 g/mol. The first-order valence-corrected chi connectivity index (χ1v) is 7.36. The average Bonchev–Trinajstić information content (AvgIpc) is 3.01. The number of rotatable bonds is 5. The van der Waals surface area contributed by atoms with Crippen LogP contribution in [0.2, 0.25) is 0 Å². The van der Waals surface area contributed by atoms with Crippen molar-refractivity contribution in [3.63, 3.8) is 0 Å². The molecule has 1 amide bonds. The number of nitrogens with one attached hydrogen (secondary N) is 1. The molecule has 0 fully saturated rings. The molecule has 5 heteroatoms. The van der Waals surface area contributed by atoms with E-state index in [-0.39, 0.29) is 11.9 Å². The highest BCUT2D eigenvalue weighted by molar-refractivity contribution is 7.10. The van der Waals surface area contributed by atoms with Gasteiger partial charge in [-0.15, -0.1) is 22.7 Å². The summed E-state index contributed by atoms with van der Waals surface area (Å²) in [6.45, 7) is 2.12. The summed E-state index contributed by atoms with van der Waals surface area (Å²) in [5.41, 5.74) is 2.18. The van der Waals surface area contributed by atoms with Crippen LogP contribution >= 0.6 is 22.7 Å². The second-order valence-corrected chi connectivity index (χ2v) is 5.40. The van der Waals surface area contributed by atoms with Gasteiger partial charge in [0, 0.05) is 10.3 Å². The number of carbonyl (C=O) groups is 1. The van der Waals surface area contributed by atoms with E-state index >= 15 is 0 Å². The van der Waals surface area contributed by atoms with Crippen molar-refractivity contribution in [1.29, 1.82) is 0 Å². The van der Waals surface area contributed by atoms with Crippen molar-refractivity contribution in [2.75, 3.05) is 0 Å². The molecule has 2 heterocycles. The predicted molar refractivity (Wildman–Crippen MR) is 71.5 cm³/mol. The summed E-state index contributed by atoms with van der Waals surface area (Å²) in [5.74, 6) is -0.0851. The van der Waals surface area contributed by atoms with Crippen molar-refractivity contribution in [3.05, 3.63) is 39.0 Å². The Hall–Kier alpha value is -1.20. The summed E-state index contributed by atoms with van der Waals surface area (Å²) in [4.78, 5) is 17.1. The van der Waals surface area contributed by atoms with E-state index in [2.05, 4.69) is 23.3 Å². The summed E-state index contributed by atoms with van der Waals surface area (Å²) < 4.78 is 0. The van der Waals surface area contributed by atoms with E-state index in [4.69, 9.17) is 0 Å². The monoisotopic (exact) mass is 266 g/mol. The van der Waals surface area contributed by atoms with Gasteiger partial charge in [0.25, 0.3) is 5.91 Å². The first-order valence-electron chi connectivity index (χ1n) is 5.53. The average molecular weight is 266 g/mol. The van der Waals surface area contributed by atoms with E-state index in [1.807, 2.05) is 11.4 Å². The molecule has 0 radical (unpaired) electrons. The van der Waals surface area contributed by atoms with Gasteiger partial charge in [-0.25, -0.2) is 4.98 Å². The number of hydrogen-bond acceptors (Lipinski definition) is 4. The molecule has 2 aromatic heterocycles. The van der Waals surface area contributed by atoms with Crippen LogP contribution in [0.25, 0.3) is 0 Å². The Morgan fingerprint density at radius 1 is 1.59 bits per heavy atom. The van der Waals surface area contributed by atoms with Crippen molar-refractivity contribution in [2.24, 2.45) is 0 Å². The maximum atomic E-state index is 11.9. The van der Waals surface area contributed by atoms with Gasteiger partial charge in [-0.2, -0.15) is 0 Å². The summed E-state index contributed by atoms with van der Waals surface area (Å²) in [6.07, 6.45) is 2.00. The number of hydrogen-bond donors (Lipinski definition) is 1. The zero-order valence-electron chi connectivity index (χ0n) is 9.55. The molecule has 1 unspecified atom stereocenters. The largest absolute Gasteiger partial charge is 0.343 e. The molecule has 0 aliphatic rings. The number of nitrogens with zero attached hydrogens (tertiary/aromatic N) is 1. The van der Waals surface area contributed by atoms with Crippen LogP contribution in [0.15, 0.2) is 28.4 Å². The summed E-state index contributed by atoms with van der Waals surface area (Å²) in [5, 5.41) is 6.84. The number of carbonyl (C=O) groups excluding carboxylic acids is 1. The molecule has 90 valence electrons. The van der Waals surface area contributed by atoms with Crippen LogP contribution in [0.5, 0.6) is 0 Å². The van der Waals surface area contributed by atoms with E-state index in [1.165, 1.54) is 16.2 Å². The second kappa shape index (κ2) is 5.93. The van der Waals surface area contributed by atoms with Crippen LogP contribution < -0.4 is 5.32 Å². The molecule has 0 saturated carbocycles. The molecule has 1 N–H and O–H groups in total. The molecule has 0 bridgehead atoms. The number of thiazole rings is 1. The number of thiophene rings is 1. The minimum absolute atomic E-state index is 0.0851. The fraction of sp³-hybridized carbons (Fsp3) is 0.333. The molecule has 0 aliphatic heterocycles. The Bertz CT molecular complexity index is 451. The molecule has 3 nitrogen and oxygen atoms in total. The summed E-state index contributed by atoms with van der Waals surface area (Å²) in [7, 11) is 0. The maximum absolute atomic E-state index is 11.9. The van der Waals surface area contributed by atoms with Gasteiger partial charge in [-0.3, -0.25) is 4.79 Å². The fourth-order valence-corrected chi connectivity index (χ4v) is 2.97. The first-order chi connectivity index (χ1) is 8.31. The van der Waals surface area contributed by atoms with Gasteiger partial charge in [-0.1, -0.05) is 19.4 Å². The quantitative estimate of drug-likeness (QED) is 0.900. The van der Waals surface area contributed by atoms with Crippen LogP contribution in [0, 0.1) is 0 Å². The Morgan fingerprint density at radius 3 is 3.06 bits per heavy atom. The highest BCUT2D eigenvalue weighted by Gasteiger charge is 2.16. The van der Waals surface area contributed by atoms with Gasteiger partial charge in [0.1, 0.15) is 5.69 Å². The smallest absolute Gasteiger partial charge is 0.271 e. The lowest BCUT2D eigenvalue weighted by Crippen LogP contribution is -2.28. The number of aromatic nitrogens is 1. The summed E-state index contributed by atoms with van der Waals surface area (Å²) >= 11 is 3.11. The van der Waals surface area contributed by atoms with Crippen LogP contribution in [-0.2, 0) is 0 Å². The van der Waals surface area contributed by atoms with Gasteiger partial charge >= 0.3 is 0 Å². The lowest BCUT2D eigenvalue weighted by molar-refractivity contribution is 0.0931. The predicted octanol–water partition coefficient (Wildman–Crippen LogP) is 3.48. The molecule has 17 heavy (non-hydrogen) atoms. The van der Waals surface area contributed by atoms with Crippen LogP contribution in [0.1, 0.15) is 41.2 Å². The Balaban J connectivity index is 2.06. The van der Waals surface area contributed by atoms with Gasteiger partial charge in [0.2, 0.25) is 0 Å². The van der Waals surface area contributed by atoms with E-state index < -0.39 is 0 Å². The molecule has 2 aromatic rings. The van der Waals surface area contributed by atoms with Gasteiger partial charge in [-0.05, 0) is 17.9 Å². The fourth-order valence-electron chi connectivity index (χ4n) is 1.62. The van der Waals surface area contributed by atoms with Crippen LogP contribution in [-0.4, -0.2) is 10.9 Å². The van der Waals surface area contributed by atoms with Crippen molar-refractivity contribution in [2.45, 2.75) is 25.8 Å². The molecule has 2 rings (SSSR count). The zero-order valence-corrected chi connectivity index (χ0v) is 11.2. The lowest BCUT2D eigenvalue weighted by Gasteiger charge is -2.15. The van der Waals surface area contributed by atoms with E-state index in [0.717, 1.165) is 12.8 Å². The van der Waals surface area contributed by atoms with Gasteiger partial charge < -0.3 is 5.32 Å². The topological polar surface area (TPSA) is 42.0 Å². The van der Waals surface area contributed by atoms with E-state index in [9.17, 15) is 4.79 Å². The molecule has 0 spiro atoms. The lowest BCUT2D eigenvalue weighted by atomic mass is 10.1. The zero-order chi connectivity index (χ0) is 12.1. The van der Waals surface area contributed by atoms with Crippen LogP contribution in [0.4, 0.5) is 0 Å². The maximum Gasteiger partial charge on any atom is 0.271 e. The van der Waals surface area contributed by atoms with Crippen molar-refractivity contribution >= 4 is 28.6 Å². The molecule has 0 aliphatic carbocycles. The SMILES string of the molecule is CCCC(NC(=O)c1cscn1)c1cccs1. The minimum Gasteiger partial charge on any atom is -0.343 e. The second-order valence-electron chi connectivity index (χ2n) is 3.70. The third kappa shape index (κ3) is 3.14. The van der Waals surface area contributed by atoms with Crippen LogP contribution in [0.3, 0.4) is 0 Å². The van der Waals surface area contributed by atoms with E-state index in [0.29, 0.717) is 5.69 Å². The van der Waals surface area contributed by atoms with Crippen molar-refractivity contribution in [1.82, 2.24) is 10.3 Å². The molecule has 0 aromatic carbocycles. The van der Waals surface area contributed by atoms with Crippen molar-refractivity contribution < 1.29 is 4.79 Å².